The maximum atomic E-state index is 6.25. The van der Waals surface area contributed by atoms with E-state index in [-0.39, 0.29) is 24.0 Å². The molecule has 24 heavy (non-hydrogen) atoms. The van der Waals surface area contributed by atoms with Crippen molar-refractivity contribution in [2.75, 3.05) is 13.7 Å². The lowest BCUT2D eigenvalue weighted by molar-refractivity contribution is -0.153. The van der Waals surface area contributed by atoms with E-state index in [0.29, 0.717) is 13.2 Å². The summed E-state index contributed by atoms with van der Waals surface area (Å²) in [5.41, 5.74) is 1.12. The van der Waals surface area contributed by atoms with Crippen LogP contribution in [0.5, 0.6) is 5.75 Å². The van der Waals surface area contributed by atoms with E-state index in [2.05, 4.69) is 20.4 Å². The van der Waals surface area contributed by atoms with Gasteiger partial charge in [0.05, 0.1) is 32.5 Å². The Labute approximate surface area is 145 Å². The SMILES string of the molecule is C=C[C@@H](C)[C@H](OCc1ccc(OC)cc1)[C@H](C)[C@@H]1COC(C)(C)O1. The van der Waals surface area contributed by atoms with Crippen LogP contribution in [-0.4, -0.2) is 31.7 Å². The molecular formula is C20H30O4. The van der Waals surface area contributed by atoms with Gasteiger partial charge in [-0.1, -0.05) is 32.1 Å². The molecule has 0 spiro atoms. The van der Waals surface area contributed by atoms with Gasteiger partial charge >= 0.3 is 0 Å². The van der Waals surface area contributed by atoms with Crippen LogP contribution in [0.1, 0.15) is 33.3 Å². The van der Waals surface area contributed by atoms with Crippen molar-refractivity contribution in [3.8, 4) is 5.75 Å². The van der Waals surface area contributed by atoms with E-state index in [4.69, 9.17) is 18.9 Å². The highest BCUT2D eigenvalue weighted by atomic mass is 16.7. The number of rotatable bonds is 8. The van der Waals surface area contributed by atoms with Gasteiger partial charge in [-0.15, -0.1) is 6.58 Å². The van der Waals surface area contributed by atoms with Gasteiger partial charge in [-0.2, -0.15) is 0 Å². The molecule has 0 unspecified atom stereocenters. The van der Waals surface area contributed by atoms with Crippen molar-refractivity contribution < 1.29 is 18.9 Å². The van der Waals surface area contributed by atoms with Gasteiger partial charge in [0.2, 0.25) is 0 Å². The number of methoxy groups -OCH3 is 1. The van der Waals surface area contributed by atoms with E-state index in [1.807, 2.05) is 44.2 Å². The van der Waals surface area contributed by atoms with Crippen LogP contribution in [0, 0.1) is 11.8 Å². The highest BCUT2D eigenvalue weighted by Crippen LogP contribution is 2.32. The minimum atomic E-state index is -0.517. The van der Waals surface area contributed by atoms with Crippen molar-refractivity contribution in [2.24, 2.45) is 11.8 Å². The van der Waals surface area contributed by atoms with Crippen LogP contribution < -0.4 is 4.74 Å². The second kappa shape index (κ2) is 8.15. The normalized spacial score (nSPS) is 23.5. The maximum absolute atomic E-state index is 6.25. The molecule has 0 amide bonds. The number of benzene rings is 1. The van der Waals surface area contributed by atoms with Crippen LogP contribution in [0.25, 0.3) is 0 Å². The predicted octanol–water partition coefficient (Wildman–Crippen LogP) is 4.19. The van der Waals surface area contributed by atoms with E-state index in [0.717, 1.165) is 11.3 Å². The van der Waals surface area contributed by atoms with Crippen LogP contribution in [0.3, 0.4) is 0 Å². The summed E-state index contributed by atoms with van der Waals surface area (Å²) in [4.78, 5) is 0. The van der Waals surface area contributed by atoms with Crippen molar-refractivity contribution in [3.05, 3.63) is 42.5 Å². The maximum Gasteiger partial charge on any atom is 0.163 e. The van der Waals surface area contributed by atoms with Gasteiger partial charge in [0.15, 0.2) is 5.79 Å². The third-order valence-corrected chi connectivity index (χ3v) is 4.63. The molecule has 0 N–H and O–H groups in total. The highest BCUT2D eigenvalue weighted by Gasteiger charge is 2.39. The Morgan fingerprint density at radius 1 is 1.29 bits per heavy atom. The molecule has 1 aliphatic rings. The number of hydrogen-bond donors (Lipinski definition) is 0. The molecule has 1 heterocycles. The Morgan fingerprint density at radius 3 is 2.46 bits per heavy atom. The Bertz CT molecular complexity index is 523. The van der Waals surface area contributed by atoms with E-state index in [9.17, 15) is 0 Å². The van der Waals surface area contributed by atoms with E-state index in [1.54, 1.807) is 7.11 Å². The van der Waals surface area contributed by atoms with Gasteiger partial charge in [0.1, 0.15) is 5.75 Å². The molecular weight excluding hydrogens is 304 g/mol. The summed E-state index contributed by atoms with van der Waals surface area (Å²) in [7, 11) is 1.67. The lowest BCUT2D eigenvalue weighted by Gasteiger charge is -2.31. The summed E-state index contributed by atoms with van der Waals surface area (Å²) >= 11 is 0. The minimum Gasteiger partial charge on any atom is -0.497 e. The topological polar surface area (TPSA) is 36.9 Å². The molecule has 0 saturated carbocycles. The Morgan fingerprint density at radius 2 is 1.96 bits per heavy atom. The lowest BCUT2D eigenvalue weighted by atomic mass is 9.89. The lowest BCUT2D eigenvalue weighted by Crippen LogP contribution is -2.37. The van der Waals surface area contributed by atoms with Crippen molar-refractivity contribution in [2.45, 2.75) is 52.3 Å². The molecule has 1 aliphatic heterocycles. The summed E-state index contributed by atoms with van der Waals surface area (Å²) in [5, 5.41) is 0. The second-order valence-corrected chi connectivity index (χ2v) is 6.94. The van der Waals surface area contributed by atoms with E-state index >= 15 is 0 Å². The van der Waals surface area contributed by atoms with Gasteiger partial charge in [-0.05, 0) is 31.5 Å². The van der Waals surface area contributed by atoms with E-state index in [1.165, 1.54) is 0 Å². The van der Waals surface area contributed by atoms with Gasteiger partial charge in [0, 0.05) is 11.8 Å². The quantitative estimate of drug-likeness (QED) is 0.668. The van der Waals surface area contributed by atoms with Crippen LogP contribution >= 0.6 is 0 Å². The van der Waals surface area contributed by atoms with Gasteiger partial charge in [-0.25, -0.2) is 0 Å². The fourth-order valence-corrected chi connectivity index (χ4v) is 3.02. The molecule has 134 valence electrons. The van der Waals surface area contributed by atoms with Crippen LogP contribution in [0.2, 0.25) is 0 Å². The first-order valence-electron chi connectivity index (χ1n) is 8.55. The molecule has 2 rings (SSSR count). The fraction of sp³-hybridized carbons (Fsp3) is 0.600. The molecule has 4 heteroatoms. The summed E-state index contributed by atoms with van der Waals surface area (Å²) in [5.74, 6) is 0.766. The first kappa shape index (κ1) is 19.0. The van der Waals surface area contributed by atoms with Crippen molar-refractivity contribution in [1.29, 1.82) is 0 Å². The third-order valence-electron chi connectivity index (χ3n) is 4.63. The molecule has 0 aliphatic carbocycles. The largest absolute Gasteiger partial charge is 0.497 e. The first-order valence-corrected chi connectivity index (χ1v) is 8.55. The Balaban J connectivity index is 2.00. The average molecular weight is 334 g/mol. The summed E-state index contributed by atoms with van der Waals surface area (Å²) in [6.45, 7) is 13.3. The van der Waals surface area contributed by atoms with Crippen LogP contribution in [0.15, 0.2) is 36.9 Å². The molecule has 0 bridgehead atoms. The summed E-state index contributed by atoms with van der Waals surface area (Å²) in [6.07, 6.45) is 1.99. The smallest absolute Gasteiger partial charge is 0.163 e. The zero-order chi connectivity index (χ0) is 17.7. The number of hydrogen-bond acceptors (Lipinski definition) is 4. The Kier molecular flexibility index (Phi) is 6.44. The summed E-state index contributed by atoms with van der Waals surface area (Å²) in [6, 6.07) is 7.95. The van der Waals surface area contributed by atoms with Gasteiger partial charge < -0.3 is 18.9 Å². The predicted molar refractivity (Wildman–Crippen MR) is 95.0 cm³/mol. The molecule has 0 radical (unpaired) electrons. The number of ether oxygens (including phenoxy) is 4. The fourth-order valence-electron chi connectivity index (χ4n) is 3.02. The third kappa shape index (κ3) is 4.82. The molecule has 1 saturated heterocycles. The molecule has 4 nitrogen and oxygen atoms in total. The molecule has 0 aromatic heterocycles. The van der Waals surface area contributed by atoms with Gasteiger partial charge in [0.25, 0.3) is 0 Å². The van der Waals surface area contributed by atoms with Crippen molar-refractivity contribution in [3.63, 3.8) is 0 Å². The molecule has 1 fully saturated rings. The molecule has 4 atom stereocenters. The zero-order valence-corrected chi connectivity index (χ0v) is 15.5. The monoisotopic (exact) mass is 334 g/mol. The molecule has 1 aromatic rings. The highest BCUT2D eigenvalue weighted by molar-refractivity contribution is 5.26. The average Bonchev–Trinajstić information content (AvgIpc) is 2.95. The summed E-state index contributed by atoms with van der Waals surface area (Å²) < 4.78 is 23.2. The van der Waals surface area contributed by atoms with Crippen LogP contribution in [0.4, 0.5) is 0 Å². The van der Waals surface area contributed by atoms with Crippen molar-refractivity contribution >= 4 is 0 Å². The minimum absolute atomic E-state index is 0.0205. The standard InChI is InChI=1S/C20H30O4/c1-7-14(2)19(15(3)18-13-23-20(4,5)24-18)22-12-16-8-10-17(21-6)11-9-16/h7-11,14-15,18-19H,1,12-13H2,2-6H3/t14-,15-,18+,19+/m1/s1. The molecule has 1 aromatic carbocycles. The van der Waals surface area contributed by atoms with E-state index < -0.39 is 5.79 Å². The van der Waals surface area contributed by atoms with Gasteiger partial charge in [-0.3, -0.25) is 0 Å². The van der Waals surface area contributed by atoms with Crippen LogP contribution in [-0.2, 0) is 20.8 Å². The van der Waals surface area contributed by atoms with Crippen molar-refractivity contribution in [1.82, 2.24) is 0 Å². The first-order chi connectivity index (χ1) is 11.4. The zero-order valence-electron chi connectivity index (χ0n) is 15.5. The second-order valence-electron chi connectivity index (χ2n) is 6.94. The Hall–Kier alpha value is -1.36.